The first-order valence-electron chi connectivity index (χ1n) is 12.1. The number of amides is 2. The van der Waals surface area contributed by atoms with Gasteiger partial charge in [-0.15, -0.1) is 0 Å². The maximum absolute atomic E-state index is 13.5. The zero-order valence-electron chi connectivity index (χ0n) is 20.5. The van der Waals surface area contributed by atoms with E-state index >= 15 is 0 Å². The molecule has 0 aliphatic carbocycles. The van der Waals surface area contributed by atoms with Gasteiger partial charge in [0, 0.05) is 19.5 Å². The minimum absolute atomic E-state index is 0.00141. The number of piperidine rings is 1. The molecule has 190 valence electrons. The lowest BCUT2D eigenvalue weighted by atomic mass is 9.93. The Balaban J connectivity index is 1.86. The third-order valence-electron chi connectivity index (χ3n) is 6.28. The highest BCUT2D eigenvalue weighted by atomic mass is 16.2. The molecule has 2 aromatic rings. The molecule has 1 aliphatic rings. The Morgan fingerprint density at radius 3 is 2.57 bits per heavy atom. The number of carbonyl (C=O) groups is 2. The highest BCUT2D eigenvalue weighted by molar-refractivity contribution is 5.96. The molecule has 10 nitrogen and oxygen atoms in total. The molecular formula is C25H36N6O4. The highest BCUT2D eigenvalue weighted by Crippen LogP contribution is 2.23. The molecule has 1 atom stereocenters. The summed E-state index contributed by atoms with van der Waals surface area (Å²) in [4.78, 5) is 55.9. The van der Waals surface area contributed by atoms with Crippen molar-refractivity contribution in [2.45, 2.75) is 46.1 Å². The summed E-state index contributed by atoms with van der Waals surface area (Å²) in [5.74, 6) is -0.242. The van der Waals surface area contributed by atoms with Crippen molar-refractivity contribution in [2.75, 3.05) is 36.8 Å². The molecule has 2 amide bonds. The first kappa shape index (κ1) is 26.2. The summed E-state index contributed by atoms with van der Waals surface area (Å²) in [6.07, 6.45) is 2.95. The molecule has 5 N–H and O–H groups in total. The SMILES string of the molecule is CC(C)CN(C(=O)CN1CCCC(CCC(N)=O)C1)c1c(N)n(Cc2ccccc2)c(=O)[nH]c1=O. The van der Waals surface area contributed by atoms with Gasteiger partial charge in [0.05, 0.1) is 13.1 Å². The van der Waals surface area contributed by atoms with Crippen LogP contribution in [0.5, 0.6) is 0 Å². The predicted molar refractivity (Wildman–Crippen MR) is 136 cm³/mol. The van der Waals surface area contributed by atoms with Crippen molar-refractivity contribution < 1.29 is 9.59 Å². The van der Waals surface area contributed by atoms with Crippen molar-refractivity contribution in [3.8, 4) is 0 Å². The smallest absolute Gasteiger partial charge is 0.330 e. The molecule has 0 saturated carbocycles. The normalized spacial score (nSPS) is 16.4. The number of nitrogens with zero attached hydrogens (tertiary/aromatic N) is 3. The zero-order chi connectivity index (χ0) is 25.5. The fraction of sp³-hybridized carbons (Fsp3) is 0.520. The van der Waals surface area contributed by atoms with Gasteiger partial charge in [0.15, 0.2) is 5.69 Å². The van der Waals surface area contributed by atoms with Gasteiger partial charge in [-0.1, -0.05) is 44.2 Å². The second-order valence-electron chi connectivity index (χ2n) is 9.71. The van der Waals surface area contributed by atoms with Crippen LogP contribution < -0.4 is 27.6 Å². The van der Waals surface area contributed by atoms with Crippen LogP contribution in [0.25, 0.3) is 0 Å². The number of aromatic amines is 1. The van der Waals surface area contributed by atoms with E-state index in [1.807, 2.05) is 44.2 Å². The molecule has 1 aliphatic heterocycles. The van der Waals surface area contributed by atoms with Gasteiger partial charge in [0.2, 0.25) is 11.8 Å². The van der Waals surface area contributed by atoms with Crippen LogP contribution >= 0.6 is 0 Å². The number of nitrogens with one attached hydrogen (secondary N) is 1. The summed E-state index contributed by atoms with van der Waals surface area (Å²) in [6, 6.07) is 9.30. The Kier molecular flexibility index (Phi) is 8.86. The second-order valence-corrected chi connectivity index (χ2v) is 9.71. The minimum atomic E-state index is -0.677. The molecule has 35 heavy (non-hydrogen) atoms. The van der Waals surface area contributed by atoms with Crippen molar-refractivity contribution in [2.24, 2.45) is 17.6 Å². The standard InChI is InChI=1S/C25H36N6O4/c1-17(2)13-30(21(33)16-29-12-6-9-19(14-29)10-11-20(26)32)22-23(27)31(25(35)28-24(22)34)15-18-7-4-3-5-8-18/h3-5,7-8,17,19H,6,9-16,27H2,1-2H3,(H2,26,32)(H,28,34,35). The number of carbonyl (C=O) groups excluding carboxylic acids is 2. The summed E-state index contributed by atoms with van der Waals surface area (Å²) in [5, 5.41) is 0. The first-order chi connectivity index (χ1) is 16.7. The Morgan fingerprint density at radius 2 is 1.91 bits per heavy atom. The van der Waals surface area contributed by atoms with Crippen LogP contribution in [0.4, 0.5) is 11.5 Å². The lowest BCUT2D eigenvalue weighted by Crippen LogP contribution is -2.48. The third kappa shape index (κ3) is 7.05. The second kappa shape index (κ2) is 11.8. The number of hydrogen-bond acceptors (Lipinski definition) is 6. The van der Waals surface area contributed by atoms with Crippen LogP contribution in [-0.2, 0) is 16.1 Å². The lowest BCUT2D eigenvalue weighted by molar-refractivity contribution is -0.121. The number of likely N-dealkylation sites (tertiary alicyclic amines) is 1. The van der Waals surface area contributed by atoms with E-state index in [0.29, 0.717) is 25.3 Å². The average molecular weight is 485 g/mol. The molecule has 2 heterocycles. The Labute approximate surface area is 204 Å². The van der Waals surface area contributed by atoms with E-state index in [2.05, 4.69) is 9.88 Å². The fourth-order valence-electron chi connectivity index (χ4n) is 4.60. The summed E-state index contributed by atoms with van der Waals surface area (Å²) < 4.78 is 1.29. The topological polar surface area (TPSA) is 148 Å². The van der Waals surface area contributed by atoms with Crippen LogP contribution in [0.15, 0.2) is 39.9 Å². The average Bonchev–Trinajstić information content (AvgIpc) is 2.80. The van der Waals surface area contributed by atoms with Crippen molar-refractivity contribution in [3.05, 3.63) is 56.7 Å². The zero-order valence-corrected chi connectivity index (χ0v) is 20.5. The van der Waals surface area contributed by atoms with E-state index < -0.39 is 11.2 Å². The number of primary amides is 1. The van der Waals surface area contributed by atoms with E-state index in [9.17, 15) is 19.2 Å². The van der Waals surface area contributed by atoms with Crippen LogP contribution in [0.2, 0.25) is 0 Å². The van der Waals surface area contributed by atoms with Gasteiger partial charge >= 0.3 is 5.69 Å². The molecule has 10 heteroatoms. The number of nitrogens with two attached hydrogens (primary N) is 2. The van der Waals surface area contributed by atoms with Gasteiger partial charge in [-0.3, -0.25) is 28.8 Å². The molecule has 1 aromatic heterocycles. The third-order valence-corrected chi connectivity index (χ3v) is 6.28. The Morgan fingerprint density at radius 1 is 1.20 bits per heavy atom. The fourth-order valence-corrected chi connectivity index (χ4v) is 4.60. The van der Waals surface area contributed by atoms with Gasteiger partial charge in [-0.25, -0.2) is 4.79 Å². The molecule has 1 unspecified atom stereocenters. The van der Waals surface area contributed by atoms with Crippen LogP contribution in [-0.4, -0.2) is 52.4 Å². The molecule has 0 bridgehead atoms. The van der Waals surface area contributed by atoms with Gasteiger partial charge in [-0.2, -0.15) is 0 Å². The largest absolute Gasteiger partial charge is 0.383 e. The predicted octanol–water partition coefficient (Wildman–Crippen LogP) is 1.13. The highest BCUT2D eigenvalue weighted by Gasteiger charge is 2.28. The quantitative estimate of drug-likeness (QED) is 0.461. The summed E-state index contributed by atoms with van der Waals surface area (Å²) in [6.45, 7) is 5.93. The van der Waals surface area contributed by atoms with Crippen molar-refractivity contribution in [3.63, 3.8) is 0 Å². The van der Waals surface area contributed by atoms with E-state index in [1.165, 1.54) is 9.47 Å². The maximum Gasteiger partial charge on any atom is 0.330 e. The van der Waals surface area contributed by atoms with E-state index in [4.69, 9.17) is 11.5 Å². The molecule has 1 aromatic carbocycles. The number of H-pyrrole nitrogens is 1. The molecule has 0 radical (unpaired) electrons. The van der Waals surface area contributed by atoms with Crippen molar-refractivity contribution in [1.29, 1.82) is 0 Å². The Hall–Kier alpha value is -3.40. The first-order valence-corrected chi connectivity index (χ1v) is 12.1. The van der Waals surface area contributed by atoms with E-state index in [0.717, 1.165) is 24.9 Å². The van der Waals surface area contributed by atoms with Crippen molar-refractivity contribution >= 4 is 23.3 Å². The van der Waals surface area contributed by atoms with Crippen LogP contribution in [0, 0.1) is 11.8 Å². The molecule has 0 spiro atoms. The van der Waals surface area contributed by atoms with E-state index in [1.54, 1.807) is 0 Å². The Bertz CT molecular complexity index is 1140. The monoisotopic (exact) mass is 484 g/mol. The van der Waals surface area contributed by atoms with Crippen molar-refractivity contribution in [1.82, 2.24) is 14.5 Å². The van der Waals surface area contributed by atoms with Gasteiger partial charge in [0.1, 0.15) is 5.82 Å². The van der Waals surface area contributed by atoms with Gasteiger partial charge in [0.25, 0.3) is 5.56 Å². The number of aromatic nitrogens is 2. The number of benzene rings is 1. The number of anilines is 2. The molecule has 1 fully saturated rings. The molecular weight excluding hydrogens is 448 g/mol. The van der Waals surface area contributed by atoms with Gasteiger partial charge in [-0.05, 0) is 43.2 Å². The molecule has 1 saturated heterocycles. The number of nitrogen functional groups attached to an aromatic ring is 1. The van der Waals surface area contributed by atoms with Gasteiger partial charge < -0.3 is 16.4 Å². The lowest BCUT2D eigenvalue weighted by Gasteiger charge is -2.34. The maximum atomic E-state index is 13.5. The summed E-state index contributed by atoms with van der Waals surface area (Å²) in [5.41, 5.74) is 11.2. The van der Waals surface area contributed by atoms with Crippen LogP contribution in [0.3, 0.4) is 0 Å². The van der Waals surface area contributed by atoms with E-state index in [-0.39, 0.29) is 48.9 Å². The minimum Gasteiger partial charge on any atom is -0.383 e. The number of rotatable bonds is 10. The van der Waals surface area contributed by atoms with Crippen LogP contribution in [0.1, 0.15) is 45.1 Å². The summed E-state index contributed by atoms with van der Waals surface area (Å²) in [7, 11) is 0. The molecule has 3 rings (SSSR count). The number of hydrogen-bond donors (Lipinski definition) is 3. The summed E-state index contributed by atoms with van der Waals surface area (Å²) >= 11 is 0.